The van der Waals surface area contributed by atoms with E-state index in [1.807, 2.05) is 42.5 Å². The standard InChI is InChI=1S/C14H11NO3S/c16-13(17)11-12(19-14(18)15-11)10-7-3-5-8-4-1-2-6-9(8)10/h1-7,13,16-17H,(H,15,18). The fourth-order valence-electron chi connectivity index (χ4n) is 2.15. The minimum Gasteiger partial charge on any atom is -0.363 e. The molecule has 3 N–H and O–H groups in total. The van der Waals surface area contributed by atoms with E-state index < -0.39 is 6.29 Å². The molecule has 0 aliphatic heterocycles. The largest absolute Gasteiger partial charge is 0.363 e. The molecule has 5 heteroatoms. The van der Waals surface area contributed by atoms with Crippen molar-refractivity contribution in [2.75, 3.05) is 0 Å². The maximum atomic E-state index is 11.5. The predicted octanol–water partition coefficient (Wildman–Crippen LogP) is 2.24. The second-order valence-electron chi connectivity index (χ2n) is 4.16. The van der Waals surface area contributed by atoms with Crippen LogP contribution in [0.5, 0.6) is 0 Å². The van der Waals surface area contributed by atoms with Crippen molar-refractivity contribution in [1.82, 2.24) is 4.98 Å². The smallest absolute Gasteiger partial charge is 0.305 e. The van der Waals surface area contributed by atoms with Crippen LogP contribution in [0.1, 0.15) is 12.0 Å². The number of fused-ring (bicyclic) bond motifs is 1. The van der Waals surface area contributed by atoms with Crippen LogP contribution in [0.3, 0.4) is 0 Å². The van der Waals surface area contributed by atoms with Gasteiger partial charge in [-0.3, -0.25) is 4.79 Å². The van der Waals surface area contributed by atoms with Gasteiger partial charge in [0.1, 0.15) is 0 Å². The topological polar surface area (TPSA) is 73.3 Å². The Kier molecular flexibility index (Phi) is 2.94. The molecule has 0 saturated heterocycles. The number of nitrogens with one attached hydrogen (secondary N) is 1. The summed E-state index contributed by atoms with van der Waals surface area (Å²) in [7, 11) is 0. The second-order valence-corrected chi connectivity index (χ2v) is 5.14. The summed E-state index contributed by atoms with van der Waals surface area (Å²) in [5.41, 5.74) is 0.968. The summed E-state index contributed by atoms with van der Waals surface area (Å²) >= 11 is 0.980. The van der Waals surface area contributed by atoms with Gasteiger partial charge in [-0.2, -0.15) is 0 Å². The number of benzene rings is 2. The van der Waals surface area contributed by atoms with Crippen molar-refractivity contribution in [3.05, 3.63) is 57.8 Å². The zero-order valence-electron chi connectivity index (χ0n) is 9.83. The quantitative estimate of drug-likeness (QED) is 0.627. The number of H-pyrrole nitrogens is 1. The predicted molar refractivity (Wildman–Crippen MR) is 75.1 cm³/mol. The molecule has 0 aliphatic carbocycles. The molecule has 1 aromatic heterocycles. The van der Waals surface area contributed by atoms with Crippen LogP contribution in [-0.2, 0) is 0 Å². The molecular formula is C14H11NO3S. The lowest BCUT2D eigenvalue weighted by Crippen LogP contribution is -2.01. The van der Waals surface area contributed by atoms with Crippen LogP contribution >= 0.6 is 11.3 Å². The molecule has 0 unspecified atom stereocenters. The van der Waals surface area contributed by atoms with Crippen LogP contribution < -0.4 is 4.87 Å². The first-order valence-corrected chi connectivity index (χ1v) is 6.56. The maximum absolute atomic E-state index is 11.5. The van der Waals surface area contributed by atoms with Crippen molar-refractivity contribution in [2.45, 2.75) is 6.29 Å². The van der Waals surface area contributed by atoms with Gasteiger partial charge in [0, 0.05) is 5.56 Å². The molecule has 0 atom stereocenters. The average molecular weight is 273 g/mol. The van der Waals surface area contributed by atoms with Gasteiger partial charge in [0.15, 0.2) is 6.29 Å². The molecule has 96 valence electrons. The highest BCUT2D eigenvalue weighted by atomic mass is 32.1. The summed E-state index contributed by atoms with van der Waals surface area (Å²) in [5.74, 6) is 0. The third-order valence-corrected chi connectivity index (χ3v) is 3.90. The Bertz CT molecular complexity index is 783. The highest BCUT2D eigenvalue weighted by molar-refractivity contribution is 7.13. The zero-order chi connectivity index (χ0) is 13.4. The summed E-state index contributed by atoms with van der Waals surface area (Å²) in [6.45, 7) is 0. The minimum absolute atomic E-state index is 0.145. The summed E-state index contributed by atoms with van der Waals surface area (Å²) in [4.78, 5) is 14.2. The maximum Gasteiger partial charge on any atom is 0.305 e. The number of hydrogen-bond acceptors (Lipinski definition) is 4. The number of aromatic amines is 1. The number of aliphatic hydroxyl groups excluding tert-OH is 1. The van der Waals surface area contributed by atoms with E-state index in [9.17, 15) is 15.0 Å². The van der Waals surface area contributed by atoms with Gasteiger partial charge in [-0.05, 0) is 10.8 Å². The first-order chi connectivity index (χ1) is 9.16. The van der Waals surface area contributed by atoms with Crippen molar-refractivity contribution in [2.24, 2.45) is 0 Å². The third-order valence-electron chi connectivity index (χ3n) is 2.97. The van der Waals surface area contributed by atoms with Crippen molar-refractivity contribution in [1.29, 1.82) is 0 Å². The molecule has 0 spiro atoms. The van der Waals surface area contributed by atoms with Crippen molar-refractivity contribution >= 4 is 22.1 Å². The summed E-state index contributed by atoms with van der Waals surface area (Å²) in [6.07, 6.45) is -1.69. The Balaban J connectivity index is 2.33. The Labute approximate surface area is 112 Å². The second kappa shape index (κ2) is 4.62. The zero-order valence-corrected chi connectivity index (χ0v) is 10.6. The van der Waals surface area contributed by atoms with Gasteiger partial charge in [0.2, 0.25) is 0 Å². The molecule has 0 bridgehead atoms. The highest BCUT2D eigenvalue weighted by Crippen LogP contribution is 2.33. The molecule has 4 nitrogen and oxygen atoms in total. The van der Waals surface area contributed by atoms with E-state index in [0.717, 1.165) is 27.7 Å². The summed E-state index contributed by atoms with van der Waals surface area (Å²) < 4.78 is 0. The fourth-order valence-corrected chi connectivity index (χ4v) is 3.05. The fraction of sp³-hybridized carbons (Fsp3) is 0.0714. The number of hydrogen-bond donors (Lipinski definition) is 3. The van der Waals surface area contributed by atoms with Gasteiger partial charge in [-0.15, -0.1) is 0 Å². The van der Waals surface area contributed by atoms with Crippen LogP contribution in [0.2, 0.25) is 0 Å². The average Bonchev–Trinajstić information content (AvgIpc) is 2.80. The number of aromatic nitrogens is 1. The van der Waals surface area contributed by atoms with Crippen LogP contribution in [0, 0.1) is 0 Å². The Morgan fingerprint density at radius 3 is 2.58 bits per heavy atom. The van der Waals surface area contributed by atoms with Crippen molar-refractivity contribution in [3.8, 4) is 10.4 Å². The van der Waals surface area contributed by atoms with Crippen molar-refractivity contribution in [3.63, 3.8) is 0 Å². The van der Waals surface area contributed by atoms with Gasteiger partial charge < -0.3 is 15.2 Å². The van der Waals surface area contributed by atoms with E-state index in [-0.39, 0.29) is 10.6 Å². The van der Waals surface area contributed by atoms with E-state index >= 15 is 0 Å². The lowest BCUT2D eigenvalue weighted by molar-refractivity contribution is -0.0450. The monoisotopic (exact) mass is 273 g/mol. The first kappa shape index (κ1) is 12.1. The van der Waals surface area contributed by atoms with E-state index in [2.05, 4.69) is 4.98 Å². The molecule has 2 aromatic carbocycles. The van der Waals surface area contributed by atoms with E-state index in [1.54, 1.807) is 0 Å². The van der Waals surface area contributed by atoms with E-state index in [0.29, 0.717) is 4.88 Å². The molecule has 0 radical (unpaired) electrons. The van der Waals surface area contributed by atoms with Crippen molar-refractivity contribution < 1.29 is 10.2 Å². The SMILES string of the molecule is O=c1[nH]c(C(O)O)c(-c2cccc3ccccc23)s1. The number of rotatable bonds is 2. The van der Waals surface area contributed by atoms with Gasteiger partial charge in [0.05, 0.1) is 10.6 Å². The third kappa shape index (κ3) is 2.08. The molecule has 0 aliphatic rings. The first-order valence-electron chi connectivity index (χ1n) is 5.74. The number of thiazole rings is 1. The molecule has 3 rings (SSSR count). The van der Waals surface area contributed by atoms with Gasteiger partial charge in [-0.25, -0.2) is 0 Å². The lowest BCUT2D eigenvalue weighted by atomic mass is 10.0. The van der Waals surface area contributed by atoms with Gasteiger partial charge in [0.25, 0.3) is 0 Å². The molecule has 0 fully saturated rings. The van der Waals surface area contributed by atoms with Gasteiger partial charge in [-0.1, -0.05) is 53.8 Å². The Hall–Kier alpha value is -1.95. The molecular weight excluding hydrogens is 262 g/mol. The number of aliphatic hydroxyl groups is 2. The van der Waals surface area contributed by atoms with Gasteiger partial charge >= 0.3 is 4.87 Å². The van der Waals surface area contributed by atoms with Crippen LogP contribution in [0.4, 0.5) is 0 Å². The minimum atomic E-state index is -1.69. The van der Waals surface area contributed by atoms with Crippen LogP contribution in [0.15, 0.2) is 47.3 Å². The normalized spacial score (nSPS) is 11.3. The summed E-state index contributed by atoms with van der Waals surface area (Å²) in [6, 6.07) is 13.5. The Morgan fingerprint density at radius 2 is 1.79 bits per heavy atom. The van der Waals surface area contributed by atoms with E-state index in [1.165, 1.54) is 0 Å². The summed E-state index contributed by atoms with van der Waals surface area (Å²) in [5, 5.41) is 20.7. The lowest BCUT2D eigenvalue weighted by Gasteiger charge is -2.08. The Morgan fingerprint density at radius 1 is 1.05 bits per heavy atom. The molecule has 0 saturated carbocycles. The van der Waals surface area contributed by atoms with E-state index in [4.69, 9.17) is 0 Å². The van der Waals surface area contributed by atoms with Crippen LogP contribution in [0.25, 0.3) is 21.2 Å². The molecule has 0 amide bonds. The molecule has 1 heterocycles. The highest BCUT2D eigenvalue weighted by Gasteiger charge is 2.17. The molecule has 3 aromatic rings. The molecule has 19 heavy (non-hydrogen) atoms. The van der Waals surface area contributed by atoms with Crippen LogP contribution in [-0.4, -0.2) is 15.2 Å².